The van der Waals surface area contributed by atoms with E-state index in [1.807, 2.05) is 60.7 Å². The summed E-state index contributed by atoms with van der Waals surface area (Å²) < 4.78 is 5.88. The molecule has 0 spiro atoms. The molecule has 4 rings (SSSR count). The third-order valence-electron chi connectivity index (χ3n) is 3.59. The van der Waals surface area contributed by atoms with Gasteiger partial charge in [-0.25, -0.2) is 0 Å². The van der Waals surface area contributed by atoms with E-state index in [2.05, 4.69) is 17.9 Å². The lowest BCUT2D eigenvalue weighted by Gasteiger charge is -1.94. The molecule has 0 aliphatic rings. The summed E-state index contributed by atoms with van der Waals surface area (Å²) in [5, 5.41) is 2.88. The standard InChI is InChI=1S/C20H11ClO/c21-16-12-9-14(10-13-16)8-11-15-4-3-7-19-20(15)17-5-1-2-6-18(17)22-19/h1-7,9-10,12-13H. The number of para-hydroxylation sites is 1. The van der Waals surface area contributed by atoms with Gasteiger partial charge in [-0.1, -0.05) is 47.7 Å². The molecule has 2 heteroatoms. The Hall–Kier alpha value is -2.69. The molecule has 0 saturated carbocycles. The van der Waals surface area contributed by atoms with Gasteiger partial charge in [0.05, 0.1) is 0 Å². The maximum atomic E-state index is 5.90. The summed E-state index contributed by atoms with van der Waals surface area (Å²) in [4.78, 5) is 0. The van der Waals surface area contributed by atoms with Gasteiger partial charge in [0.25, 0.3) is 0 Å². The van der Waals surface area contributed by atoms with Gasteiger partial charge in [0.2, 0.25) is 0 Å². The number of hydrogen-bond donors (Lipinski definition) is 0. The molecule has 104 valence electrons. The van der Waals surface area contributed by atoms with Crippen molar-refractivity contribution in [2.24, 2.45) is 0 Å². The zero-order chi connectivity index (χ0) is 14.9. The molecule has 0 saturated heterocycles. The summed E-state index contributed by atoms with van der Waals surface area (Å²) in [6, 6.07) is 21.5. The van der Waals surface area contributed by atoms with Crippen molar-refractivity contribution in [2.45, 2.75) is 0 Å². The van der Waals surface area contributed by atoms with Crippen molar-refractivity contribution in [3.8, 4) is 11.8 Å². The Morgan fingerprint density at radius 3 is 2.36 bits per heavy atom. The fraction of sp³-hybridized carbons (Fsp3) is 0. The van der Waals surface area contributed by atoms with E-state index in [1.165, 1.54) is 0 Å². The molecule has 3 aromatic carbocycles. The molecule has 0 atom stereocenters. The average molecular weight is 303 g/mol. The molecule has 1 nitrogen and oxygen atoms in total. The molecule has 0 radical (unpaired) electrons. The Bertz CT molecular complexity index is 1030. The zero-order valence-electron chi connectivity index (χ0n) is 11.6. The lowest BCUT2D eigenvalue weighted by atomic mass is 10.1. The minimum atomic E-state index is 0.716. The normalized spacial score (nSPS) is 10.6. The van der Waals surface area contributed by atoms with E-state index in [-0.39, 0.29) is 0 Å². The molecule has 4 aromatic rings. The molecule has 22 heavy (non-hydrogen) atoms. The Morgan fingerprint density at radius 2 is 1.50 bits per heavy atom. The second-order valence-electron chi connectivity index (χ2n) is 5.03. The van der Waals surface area contributed by atoms with Crippen molar-refractivity contribution in [3.05, 3.63) is 82.9 Å². The number of halogens is 1. The Balaban J connectivity index is 1.90. The van der Waals surface area contributed by atoms with Crippen LogP contribution in [0.15, 0.2) is 71.1 Å². The minimum Gasteiger partial charge on any atom is -0.456 e. The molecule has 1 aromatic heterocycles. The van der Waals surface area contributed by atoms with Gasteiger partial charge in [0.15, 0.2) is 0 Å². The van der Waals surface area contributed by atoms with Crippen LogP contribution in [0.5, 0.6) is 0 Å². The fourth-order valence-corrected chi connectivity index (χ4v) is 2.68. The molecule has 0 aliphatic carbocycles. The molecule has 0 fully saturated rings. The van der Waals surface area contributed by atoms with E-state index in [0.717, 1.165) is 33.1 Å². The quantitative estimate of drug-likeness (QED) is 0.383. The first kappa shape index (κ1) is 13.0. The van der Waals surface area contributed by atoms with Gasteiger partial charge in [0, 0.05) is 26.9 Å². The number of furan rings is 1. The lowest BCUT2D eigenvalue weighted by Crippen LogP contribution is -1.78. The van der Waals surface area contributed by atoms with Crippen LogP contribution in [0.2, 0.25) is 5.02 Å². The lowest BCUT2D eigenvalue weighted by molar-refractivity contribution is 0.669. The van der Waals surface area contributed by atoms with Crippen LogP contribution in [-0.2, 0) is 0 Å². The highest BCUT2D eigenvalue weighted by atomic mass is 35.5. The van der Waals surface area contributed by atoms with Crippen LogP contribution in [-0.4, -0.2) is 0 Å². The van der Waals surface area contributed by atoms with Crippen LogP contribution in [0, 0.1) is 11.8 Å². The van der Waals surface area contributed by atoms with Crippen LogP contribution in [0.3, 0.4) is 0 Å². The highest BCUT2D eigenvalue weighted by Crippen LogP contribution is 2.30. The second kappa shape index (κ2) is 5.26. The highest BCUT2D eigenvalue weighted by Gasteiger charge is 2.08. The van der Waals surface area contributed by atoms with Crippen molar-refractivity contribution in [3.63, 3.8) is 0 Å². The van der Waals surface area contributed by atoms with Crippen molar-refractivity contribution in [2.75, 3.05) is 0 Å². The third kappa shape index (κ3) is 2.24. The van der Waals surface area contributed by atoms with Crippen LogP contribution >= 0.6 is 11.6 Å². The van der Waals surface area contributed by atoms with E-state index in [1.54, 1.807) is 0 Å². The van der Waals surface area contributed by atoms with Crippen molar-refractivity contribution in [1.29, 1.82) is 0 Å². The SMILES string of the molecule is Clc1ccc(C#Cc2cccc3oc4ccccc4c23)cc1. The molecular weight excluding hydrogens is 292 g/mol. The van der Waals surface area contributed by atoms with Crippen molar-refractivity contribution < 1.29 is 4.42 Å². The average Bonchev–Trinajstić information content (AvgIpc) is 2.93. The smallest absolute Gasteiger partial charge is 0.136 e. The van der Waals surface area contributed by atoms with Crippen LogP contribution in [0.25, 0.3) is 21.9 Å². The van der Waals surface area contributed by atoms with Crippen LogP contribution in [0.1, 0.15) is 11.1 Å². The Labute approximate surface area is 133 Å². The van der Waals surface area contributed by atoms with Crippen LogP contribution in [0.4, 0.5) is 0 Å². The molecule has 0 amide bonds. The summed E-state index contributed by atoms with van der Waals surface area (Å²) in [5.74, 6) is 6.43. The maximum absolute atomic E-state index is 5.90. The van der Waals surface area contributed by atoms with Gasteiger partial charge < -0.3 is 4.42 Å². The van der Waals surface area contributed by atoms with E-state index in [0.29, 0.717) is 5.02 Å². The monoisotopic (exact) mass is 302 g/mol. The summed E-state index contributed by atoms with van der Waals surface area (Å²) in [5.41, 5.74) is 3.66. The summed E-state index contributed by atoms with van der Waals surface area (Å²) >= 11 is 5.90. The van der Waals surface area contributed by atoms with Gasteiger partial charge in [-0.15, -0.1) is 0 Å². The topological polar surface area (TPSA) is 13.1 Å². The number of benzene rings is 3. The molecule has 0 aliphatic heterocycles. The minimum absolute atomic E-state index is 0.716. The van der Waals surface area contributed by atoms with E-state index < -0.39 is 0 Å². The first-order valence-electron chi connectivity index (χ1n) is 6.99. The van der Waals surface area contributed by atoms with Gasteiger partial charge in [0.1, 0.15) is 11.2 Å². The molecular formula is C20H11ClO. The summed E-state index contributed by atoms with van der Waals surface area (Å²) in [7, 11) is 0. The Morgan fingerprint density at radius 1 is 0.727 bits per heavy atom. The predicted octanol–water partition coefficient (Wildman–Crippen LogP) is 5.64. The first-order valence-corrected chi connectivity index (χ1v) is 7.37. The third-order valence-corrected chi connectivity index (χ3v) is 3.84. The van der Waals surface area contributed by atoms with E-state index in [4.69, 9.17) is 16.0 Å². The van der Waals surface area contributed by atoms with Gasteiger partial charge in [-0.2, -0.15) is 0 Å². The zero-order valence-corrected chi connectivity index (χ0v) is 12.4. The maximum Gasteiger partial charge on any atom is 0.136 e. The summed E-state index contributed by atoms with van der Waals surface area (Å²) in [6.45, 7) is 0. The fourth-order valence-electron chi connectivity index (χ4n) is 2.55. The predicted molar refractivity (Wildman–Crippen MR) is 91.2 cm³/mol. The van der Waals surface area contributed by atoms with Crippen molar-refractivity contribution in [1.82, 2.24) is 0 Å². The number of hydrogen-bond acceptors (Lipinski definition) is 1. The van der Waals surface area contributed by atoms with Crippen LogP contribution < -0.4 is 0 Å². The largest absolute Gasteiger partial charge is 0.456 e. The van der Waals surface area contributed by atoms with Gasteiger partial charge in [-0.3, -0.25) is 0 Å². The first-order chi connectivity index (χ1) is 10.8. The molecule has 0 N–H and O–H groups in total. The van der Waals surface area contributed by atoms with Gasteiger partial charge >= 0.3 is 0 Å². The molecule has 0 unspecified atom stereocenters. The van der Waals surface area contributed by atoms with Gasteiger partial charge in [-0.05, 0) is 42.5 Å². The Kier molecular flexibility index (Phi) is 3.11. The molecule has 1 heterocycles. The van der Waals surface area contributed by atoms with E-state index >= 15 is 0 Å². The number of rotatable bonds is 0. The summed E-state index contributed by atoms with van der Waals surface area (Å²) in [6.07, 6.45) is 0. The highest BCUT2D eigenvalue weighted by molar-refractivity contribution is 6.30. The van der Waals surface area contributed by atoms with Crippen molar-refractivity contribution >= 4 is 33.5 Å². The second-order valence-corrected chi connectivity index (χ2v) is 5.47. The van der Waals surface area contributed by atoms with E-state index in [9.17, 15) is 0 Å². The number of fused-ring (bicyclic) bond motifs is 3. The molecule has 0 bridgehead atoms.